The van der Waals surface area contributed by atoms with Crippen LogP contribution in [0.5, 0.6) is 0 Å². The van der Waals surface area contributed by atoms with E-state index in [9.17, 15) is 4.79 Å². The van der Waals surface area contributed by atoms with Crippen molar-refractivity contribution in [3.05, 3.63) is 30.3 Å². The number of rotatable bonds is 5. The van der Waals surface area contributed by atoms with Gasteiger partial charge >= 0.3 is 0 Å². The number of nitrogens with one attached hydrogen (secondary N) is 1. The van der Waals surface area contributed by atoms with Crippen LogP contribution in [0.4, 0.5) is 5.13 Å². The van der Waals surface area contributed by atoms with Crippen molar-refractivity contribution < 1.29 is 4.79 Å². The molecule has 3 rings (SSSR count). The summed E-state index contributed by atoms with van der Waals surface area (Å²) in [4.78, 5) is 18.5. The van der Waals surface area contributed by atoms with Crippen molar-refractivity contribution in [2.45, 2.75) is 26.8 Å². The minimum atomic E-state index is -0.0740. The average molecular weight is 328 g/mol. The molecule has 0 unspecified atom stereocenters. The molecule has 2 aromatic heterocycles. The topological polar surface area (TPSA) is 85.6 Å². The Morgan fingerprint density at radius 3 is 2.70 bits per heavy atom. The van der Waals surface area contributed by atoms with Crippen LogP contribution in [0.3, 0.4) is 0 Å². The molecule has 0 bridgehead atoms. The fourth-order valence-corrected chi connectivity index (χ4v) is 2.92. The molecular weight excluding hydrogens is 312 g/mol. The van der Waals surface area contributed by atoms with Crippen LogP contribution in [0.15, 0.2) is 30.3 Å². The molecule has 0 aliphatic rings. The van der Waals surface area contributed by atoms with Crippen molar-refractivity contribution in [3.63, 3.8) is 0 Å². The fourth-order valence-electron chi connectivity index (χ4n) is 1.99. The van der Waals surface area contributed by atoms with Crippen LogP contribution < -0.4 is 5.32 Å². The zero-order chi connectivity index (χ0) is 16.2. The van der Waals surface area contributed by atoms with E-state index in [1.165, 1.54) is 16.1 Å². The molecule has 0 fully saturated rings. The highest BCUT2D eigenvalue weighted by Gasteiger charge is 2.19. The van der Waals surface area contributed by atoms with E-state index in [1.807, 2.05) is 37.3 Å². The monoisotopic (exact) mass is 328 g/mol. The molecule has 3 aromatic rings. The SMILES string of the molecule is CCC(=O)Nc1nc(-c2ccccc2)c(-c2nnn(CC)n2)s1. The van der Waals surface area contributed by atoms with Crippen LogP contribution in [0.1, 0.15) is 20.3 Å². The molecule has 7 nitrogen and oxygen atoms in total. The van der Waals surface area contributed by atoms with Gasteiger partial charge in [0.05, 0.1) is 12.2 Å². The number of hydrogen-bond acceptors (Lipinski definition) is 6. The van der Waals surface area contributed by atoms with Gasteiger partial charge in [-0.05, 0) is 12.1 Å². The predicted octanol–water partition coefficient (Wildman–Crippen LogP) is 2.83. The molecule has 23 heavy (non-hydrogen) atoms. The lowest BCUT2D eigenvalue weighted by atomic mass is 10.1. The number of aryl methyl sites for hydroxylation is 1. The van der Waals surface area contributed by atoms with Gasteiger partial charge < -0.3 is 5.32 Å². The first-order chi connectivity index (χ1) is 11.2. The number of thiazole rings is 1. The summed E-state index contributed by atoms with van der Waals surface area (Å²) in [6, 6.07) is 9.77. The van der Waals surface area contributed by atoms with Gasteiger partial charge in [0.2, 0.25) is 11.7 Å². The quantitative estimate of drug-likeness (QED) is 0.778. The maximum atomic E-state index is 11.6. The number of nitrogens with zero attached hydrogens (tertiary/aromatic N) is 5. The Bertz CT molecular complexity index is 810. The third kappa shape index (κ3) is 3.26. The molecule has 1 amide bonds. The summed E-state index contributed by atoms with van der Waals surface area (Å²) in [5.41, 5.74) is 1.70. The highest BCUT2D eigenvalue weighted by atomic mass is 32.1. The first-order valence-corrected chi connectivity index (χ1v) is 8.17. The molecular formula is C15H16N6OS. The number of hydrogen-bond donors (Lipinski definition) is 1. The van der Waals surface area contributed by atoms with Gasteiger partial charge in [-0.3, -0.25) is 4.79 Å². The lowest BCUT2D eigenvalue weighted by Gasteiger charge is -1.98. The number of amides is 1. The average Bonchev–Trinajstić information content (AvgIpc) is 3.22. The van der Waals surface area contributed by atoms with Crippen molar-refractivity contribution in [2.24, 2.45) is 0 Å². The summed E-state index contributed by atoms with van der Waals surface area (Å²) in [5.74, 6) is 0.440. The summed E-state index contributed by atoms with van der Waals surface area (Å²) in [6.45, 7) is 4.39. The van der Waals surface area contributed by atoms with E-state index < -0.39 is 0 Å². The molecule has 0 saturated heterocycles. The standard InChI is InChI=1S/C15H16N6OS/c1-3-11(22)16-15-17-12(10-8-6-5-7-9-10)13(23-15)14-18-20-21(4-2)19-14/h5-9H,3-4H2,1-2H3,(H,16,17,22). The zero-order valence-corrected chi connectivity index (χ0v) is 13.7. The molecule has 118 valence electrons. The Morgan fingerprint density at radius 2 is 2.04 bits per heavy atom. The van der Waals surface area contributed by atoms with Crippen LogP contribution in [-0.4, -0.2) is 31.1 Å². The predicted molar refractivity (Wildman–Crippen MR) is 89.0 cm³/mol. The Labute approximate surface area is 137 Å². The van der Waals surface area contributed by atoms with Gasteiger partial charge in [0.15, 0.2) is 5.13 Å². The third-order valence-corrected chi connectivity index (χ3v) is 4.15. The lowest BCUT2D eigenvalue weighted by Crippen LogP contribution is -2.08. The first kappa shape index (κ1) is 15.3. The summed E-state index contributed by atoms with van der Waals surface area (Å²) < 4.78 is 0. The van der Waals surface area contributed by atoms with Crippen LogP contribution >= 0.6 is 11.3 Å². The van der Waals surface area contributed by atoms with Crippen molar-refractivity contribution in [2.75, 3.05) is 5.32 Å². The first-order valence-electron chi connectivity index (χ1n) is 7.35. The molecule has 0 spiro atoms. The minimum absolute atomic E-state index is 0.0740. The smallest absolute Gasteiger partial charge is 0.225 e. The van der Waals surface area contributed by atoms with Gasteiger partial charge in [-0.15, -0.1) is 10.2 Å². The van der Waals surface area contributed by atoms with E-state index in [1.54, 1.807) is 6.92 Å². The molecule has 0 aliphatic carbocycles. The van der Waals surface area contributed by atoms with Gasteiger partial charge in [-0.2, -0.15) is 4.80 Å². The second-order valence-corrected chi connectivity index (χ2v) is 5.77. The Kier molecular flexibility index (Phi) is 4.42. The Hall–Kier alpha value is -2.61. The number of carbonyl (C=O) groups is 1. The second-order valence-electron chi connectivity index (χ2n) is 4.77. The van der Waals surface area contributed by atoms with Gasteiger partial charge in [-0.25, -0.2) is 4.98 Å². The highest BCUT2D eigenvalue weighted by Crippen LogP contribution is 2.37. The number of carbonyl (C=O) groups excluding carboxylic acids is 1. The van der Waals surface area contributed by atoms with E-state index in [0.717, 1.165) is 16.1 Å². The van der Waals surface area contributed by atoms with Crippen LogP contribution in [0.2, 0.25) is 0 Å². The molecule has 1 aromatic carbocycles. The summed E-state index contributed by atoms with van der Waals surface area (Å²) in [7, 11) is 0. The summed E-state index contributed by atoms with van der Waals surface area (Å²) >= 11 is 1.35. The Morgan fingerprint density at radius 1 is 1.26 bits per heavy atom. The molecule has 8 heteroatoms. The largest absolute Gasteiger partial charge is 0.302 e. The van der Waals surface area contributed by atoms with E-state index >= 15 is 0 Å². The van der Waals surface area contributed by atoms with Crippen LogP contribution in [0, 0.1) is 0 Å². The van der Waals surface area contributed by atoms with E-state index in [0.29, 0.717) is 23.9 Å². The fraction of sp³-hybridized carbons (Fsp3) is 0.267. The van der Waals surface area contributed by atoms with Crippen molar-refractivity contribution >= 4 is 22.4 Å². The van der Waals surface area contributed by atoms with Crippen molar-refractivity contribution in [3.8, 4) is 22.0 Å². The lowest BCUT2D eigenvalue weighted by molar-refractivity contribution is -0.115. The highest BCUT2D eigenvalue weighted by molar-refractivity contribution is 7.19. The maximum absolute atomic E-state index is 11.6. The third-order valence-electron chi connectivity index (χ3n) is 3.18. The van der Waals surface area contributed by atoms with E-state index in [2.05, 4.69) is 25.7 Å². The second kappa shape index (κ2) is 6.66. The summed E-state index contributed by atoms with van der Waals surface area (Å²) in [5, 5.41) is 15.8. The van der Waals surface area contributed by atoms with Gasteiger partial charge in [0.25, 0.3) is 0 Å². The number of tetrazole rings is 1. The number of benzene rings is 1. The van der Waals surface area contributed by atoms with Gasteiger partial charge in [0.1, 0.15) is 4.88 Å². The normalized spacial score (nSPS) is 10.7. The molecule has 0 radical (unpaired) electrons. The van der Waals surface area contributed by atoms with E-state index in [4.69, 9.17) is 0 Å². The Balaban J connectivity index is 2.06. The molecule has 1 N–H and O–H groups in total. The summed E-state index contributed by atoms with van der Waals surface area (Å²) in [6.07, 6.45) is 0.403. The van der Waals surface area contributed by atoms with Crippen molar-refractivity contribution in [1.82, 2.24) is 25.2 Å². The molecule has 0 aliphatic heterocycles. The van der Waals surface area contributed by atoms with Crippen LogP contribution in [-0.2, 0) is 11.3 Å². The molecule has 0 saturated carbocycles. The minimum Gasteiger partial charge on any atom is -0.302 e. The maximum Gasteiger partial charge on any atom is 0.225 e. The van der Waals surface area contributed by atoms with Gasteiger partial charge in [-0.1, -0.05) is 48.6 Å². The van der Waals surface area contributed by atoms with Crippen molar-refractivity contribution in [1.29, 1.82) is 0 Å². The molecule has 0 atom stereocenters. The number of anilines is 1. The van der Waals surface area contributed by atoms with Gasteiger partial charge in [0, 0.05) is 12.0 Å². The van der Waals surface area contributed by atoms with Crippen LogP contribution in [0.25, 0.3) is 22.0 Å². The van der Waals surface area contributed by atoms with E-state index in [-0.39, 0.29) is 5.91 Å². The molecule has 2 heterocycles. The zero-order valence-electron chi connectivity index (χ0n) is 12.9. The number of aromatic nitrogens is 5.